The van der Waals surface area contributed by atoms with Gasteiger partial charge in [0.2, 0.25) is 0 Å². The number of hydrogen-bond donors (Lipinski definition) is 1. The van der Waals surface area contributed by atoms with E-state index >= 15 is 0 Å². The Labute approximate surface area is 132 Å². The maximum absolute atomic E-state index is 5.23. The SMILES string of the molecule is COc1ccc(Cn2cc(CNCC3CC3)nn2)cc1Br. The van der Waals surface area contributed by atoms with Crippen LogP contribution in [-0.2, 0) is 13.1 Å². The molecule has 1 fully saturated rings. The van der Waals surface area contributed by atoms with E-state index in [-0.39, 0.29) is 0 Å². The molecule has 5 nitrogen and oxygen atoms in total. The molecule has 0 atom stereocenters. The van der Waals surface area contributed by atoms with Crippen molar-refractivity contribution >= 4 is 15.9 Å². The molecule has 1 heterocycles. The molecule has 0 spiro atoms. The van der Waals surface area contributed by atoms with Gasteiger partial charge < -0.3 is 10.1 Å². The van der Waals surface area contributed by atoms with Gasteiger partial charge in [-0.3, -0.25) is 0 Å². The molecular formula is C15H19BrN4O. The Morgan fingerprint density at radius 3 is 3.00 bits per heavy atom. The maximum Gasteiger partial charge on any atom is 0.133 e. The number of halogens is 1. The summed E-state index contributed by atoms with van der Waals surface area (Å²) in [4.78, 5) is 0. The molecule has 21 heavy (non-hydrogen) atoms. The van der Waals surface area contributed by atoms with Crippen LogP contribution in [0.2, 0.25) is 0 Å². The summed E-state index contributed by atoms with van der Waals surface area (Å²) < 4.78 is 8.05. The smallest absolute Gasteiger partial charge is 0.133 e. The number of nitrogens with zero attached hydrogens (tertiary/aromatic N) is 3. The molecule has 0 saturated heterocycles. The standard InChI is InChI=1S/C15H19BrN4O/c1-21-15-5-4-12(6-14(15)16)9-20-10-13(18-19-20)8-17-7-11-2-3-11/h4-6,10-11,17H,2-3,7-9H2,1H3. The van der Waals surface area contributed by atoms with Crippen molar-refractivity contribution < 1.29 is 4.74 Å². The fraction of sp³-hybridized carbons (Fsp3) is 0.467. The highest BCUT2D eigenvalue weighted by Crippen LogP contribution is 2.27. The number of benzene rings is 1. The Hall–Kier alpha value is -1.40. The van der Waals surface area contributed by atoms with Gasteiger partial charge in [0.25, 0.3) is 0 Å². The molecule has 1 aromatic carbocycles. The van der Waals surface area contributed by atoms with E-state index in [1.807, 2.05) is 29.1 Å². The highest BCUT2D eigenvalue weighted by molar-refractivity contribution is 9.10. The van der Waals surface area contributed by atoms with Gasteiger partial charge in [0.05, 0.1) is 30.0 Å². The van der Waals surface area contributed by atoms with Crippen LogP contribution in [0.5, 0.6) is 5.75 Å². The van der Waals surface area contributed by atoms with Crippen molar-refractivity contribution in [1.82, 2.24) is 20.3 Å². The summed E-state index contributed by atoms with van der Waals surface area (Å²) in [5.74, 6) is 1.72. The van der Waals surface area contributed by atoms with E-state index in [9.17, 15) is 0 Å². The molecule has 0 amide bonds. The molecular weight excluding hydrogens is 332 g/mol. The zero-order valence-electron chi connectivity index (χ0n) is 12.1. The third kappa shape index (κ3) is 4.04. The molecule has 2 aromatic rings. The highest BCUT2D eigenvalue weighted by atomic mass is 79.9. The molecule has 112 valence electrons. The lowest BCUT2D eigenvalue weighted by molar-refractivity contribution is 0.412. The molecule has 0 bridgehead atoms. The van der Waals surface area contributed by atoms with Crippen LogP contribution in [0.25, 0.3) is 0 Å². The lowest BCUT2D eigenvalue weighted by atomic mass is 10.2. The first-order chi connectivity index (χ1) is 10.2. The number of nitrogens with one attached hydrogen (secondary N) is 1. The number of rotatable bonds is 7. The molecule has 1 aliphatic carbocycles. The summed E-state index contributed by atoms with van der Waals surface area (Å²) in [5, 5.41) is 11.8. The molecule has 1 aliphatic rings. The maximum atomic E-state index is 5.23. The minimum atomic E-state index is 0.707. The van der Waals surface area contributed by atoms with Crippen LogP contribution in [0.3, 0.4) is 0 Å². The first kappa shape index (κ1) is 14.5. The fourth-order valence-corrected chi connectivity index (χ4v) is 2.81. The van der Waals surface area contributed by atoms with Crippen molar-refractivity contribution in [3.63, 3.8) is 0 Å². The summed E-state index contributed by atoms with van der Waals surface area (Å²) in [6, 6.07) is 6.04. The first-order valence-electron chi connectivity index (χ1n) is 7.17. The summed E-state index contributed by atoms with van der Waals surface area (Å²) >= 11 is 3.50. The first-order valence-corrected chi connectivity index (χ1v) is 7.96. The molecule has 0 aliphatic heterocycles. The lowest BCUT2D eigenvalue weighted by Crippen LogP contribution is -2.16. The number of hydrogen-bond acceptors (Lipinski definition) is 4. The molecule has 0 radical (unpaired) electrons. The van der Waals surface area contributed by atoms with Crippen molar-refractivity contribution in [2.24, 2.45) is 5.92 Å². The average molecular weight is 351 g/mol. The van der Waals surface area contributed by atoms with Gasteiger partial charge >= 0.3 is 0 Å². The van der Waals surface area contributed by atoms with E-state index < -0.39 is 0 Å². The summed E-state index contributed by atoms with van der Waals surface area (Å²) in [6.45, 7) is 2.60. The predicted octanol–water partition coefficient (Wildman–Crippen LogP) is 2.60. The second-order valence-corrected chi connectivity index (χ2v) is 6.30. The average Bonchev–Trinajstić information content (AvgIpc) is 3.19. The van der Waals surface area contributed by atoms with Crippen LogP contribution in [0.4, 0.5) is 0 Å². The molecule has 1 aromatic heterocycles. The summed E-state index contributed by atoms with van der Waals surface area (Å²) in [6.07, 6.45) is 4.73. The fourth-order valence-electron chi connectivity index (χ4n) is 2.22. The summed E-state index contributed by atoms with van der Waals surface area (Å²) in [7, 11) is 1.66. The normalized spacial score (nSPS) is 14.4. The second-order valence-electron chi connectivity index (χ2n) is 5.45. The third-order valence-corrected chi connectivity index (χ3v) is 4.20. The Morgan fingerprint density at radius 2 is 2.29 bits per heavy atom. The molecule has 3 rings (SSSR count). The van der Waals surface area contributed by atoms with Crippen molar-refractivity contribution in [2.45, 2.75) is 25.9 Å². The highest BCUT2D eigenvalue weighted by Gasteiger charge is 2.20. The van der Waals surface area contributed by atoms with Crippen LogP contribution in [-0.4, -0.2) is 28.6 Å². The minimum Gasteiger partial charge on any atom is -0.496 e. The van der Waals surface area contributed by atoms with Crippen molar-refractivity contribution in [2.75, 3.05) is 13.7 Å². The Kier molecular flexibility index (Phi) is 4.55. The topological polar surface area (TPSA) is 52.0 Å². The van der Waals surface area contributed by atoms with Gasteiger partial charge in [-0.15, -0.1) is 5.10 Å². The van der Waals surface area contributed by atoms with Crippen LogP contribution in [0, 0.1) is 5.92 Å². The largest absolute Gasteiger partial charge is 0.496 e. The zero-order valence-corrected chi connectivity index (χ0v) is 13.6. The third-order valence-electron chi connectivity index (χ3n) is 3.58. The van der Waals surface area contributed by atoms with E-state index in [4.69, 9.17) is 4.74 Å². The Balaban J connectivity index is 1.56. The van der Waals surface area contributed by atoms with Crippen molar-refractivity contribution in [3.8, 4) is 5.75 Å². The van der Waals surface area contributed by atoms with Gasteiger partial charge in [0.15, 0.2) is 0 Å². The van der Waals surface area contributed by atoms with Crippen LogP contribution in [0.1, 0.15) is 24.1 Å². The Morgan fingerprint density at radius 1 is 1.43 bits per heavy atom. The van der Waals surface area contributed by atoms with Crippen LogP contribution >= 0.6 is 15.9 Å². The number of ether oxygens (including phenoxy) is 1. The molecule has 1 saturated carbocycles. The van der Waals surface area contributed by atoms with E-state index in [0.717, 1.165) is 40.5 Å². The van der Waals surface area contributed by atoms with Crippen LogP contribution in [0.15, 0.2) is 28.9 Å². The molecule has 1 N–H and O–H groups in total. The molecule has 6 heteroatoms. The molecule has 0 unspecified atom stereocenters. The van der Waals surface area contributed by atoms with Gasteiger partial charge in [-0.25, -0.2) is 4.68 Å². The zero-order chi connectivity index (χ0) is 14.7. The monoisotopic (exact) mass is 350 g/mol. The van der Waals surface area contributed by atoms with E-state index in [1.54, 1.807) is 7.11 Å². The van der Waals surface area contributed by atoms with Gasteiger partial charge in [0.1, 0.15) is 5.75 Å². The van der Waals surface area contributed by atoms with Crippen molar-refractivity contribution in [3.05, 3.63) is 40.1 Å². The van der Waals surface area contributed by atoms with E-state index in [1.165, 1.54) is 12.8 Å². The Bertz CT molecular complexity index is 609. The summed E-state index contributed by atoms with van der Waals surface area (Å²) in [5.41, 5.74) is 2.15. The number of methoxy groups -OCH3 is 1. The van der Waals surface area contributed by atoms with Crippen molar-refractivity contribution in [1.29, 1.82) is 0 Å². The van der Waals surface area contributed by atoms with Gasteiger partial charge in [-0.1, -0.05) is 11.3 Å². The quantitative estimate of drug-likeness (QED) is 0.833. The number of aromatic nitrogens is 3. The lowest BCUT2D eigenvalue weighted by Gasteiger charge is -2.06. The minimum absolute atomic E-state index is 0.707. The second kappa shape index (κ2) is 6.58. The van der Waals surface area contributed by atoms with Gasteiger partial charge in [-0.05, 0) is 58.9 Å². The van der Waals surface area contributed by atoms with Gasteiger partial charge in [-0.2, -0.15) is 0 Å². The van der Waals surface area contributed by atoms with Crippen LogP contribution < -0.4 is 10.1 Å². The van der Waals surface area contributed by atoms with Gasteiger partial charge in [0, 0.05) is 6.54 Å². The predicted molar refractivity (Wildman–Crippen MR) is 84.2 cm³/mol. The van der Waals surface area contributed by atoms with E-state index in [2.05, 4.69) is 31.6 Å². The van der Waals surface area contributed by atoms with E-state index in [0.29, 0.717) is 6.54 Å².